The molecule has 0 radical (unpaired) electrons. The molecule has 11 heteroatoms. The monoisotopic (exact) mass is 466 g/mol. The Kier molecular flexibility index (Phi) is 6.65. The van der Waals surface area contributed by atoms with Crippen molar-refractivity contribution < 1.29 is 32.7 Å². The van der Waals surface area contributed by atoms with Gasteiger partial charge in [-0.3, -0.25) is 14.5 Å². The third kappa shape index (κ3) is 4.84. The van der Waals surface area contributed by atoms with Gasteiger partial charge < -0.3 is 15.7 Å². The highest BCUT2D eigenvalue weighted by molar-refractivity contribution is 6.01. The molecule has 3 N–H and O–H groups in total. The average Bonchev–Trinajstić information content (AvgIpc) is 3.53. The number of carbonyl (C=O) groups excluding carboxylic acids is 2. The third-order valence-electron chi connectivity index (χ3n) is 6.29. The highest BCUT2D eigenvalue weighted by Gasteiger charge is 2.57. The number of aliphatic imine (C=N–C) groups is 1. The van der Waals surface area contributed by atoms with Gasteiger partial charge in [0.15, 0.2) is 5.96 Å². The van der Waals surface area contributed by atoms with E-state index in [-0.39, 0.29) is 24.1 Å². The lowest BCUT2D eigenvalue weighted by atomic mass is 9.67. The van der Waals surface area contributed by atoms with Gasteiger partial charge in [-0.2, -0.15) is 13.2 Å². The molecule has 2 aliphatic rings. The van der Waals surface area contributed by atoms with E-state index in [0.717, 1.165) is 11.1 Å². The van der Waals surface area contributed by atoms with E-state index >= 15 is 0 Å². The zero-order valence-corrected chi connectivity index (χ0v) is 18.7. The standard InChI is InChI=1S/C20H24N4O2.C2HF3O2/c1-18(2)16(26)24(5)17(21)23-19(18,3)14-8-6-7-13(11-14)12-15(25)20(22-4)9-10-20;3-2(4,5)1(6)7/h6-8,11H,9-10,12H2,1-3,5H3,(H2,21,23);(H,6,7)/t19-;/m1./s1. The molecular weight excluding hydrogens is 441 g/mol. The largest absolute Gasteiger partial charge is 0.490 e. The van der Waals surface area contributed by atoms with Crippen LogP contribution in [0.25, 0.3) is 4.85 Å². The van der Waals surface area contributed by atoms with E-state index in [1.54, 1.807) is 7.05 Å². The SMILES string of the molecule is O=C(O)C(F)(F)F.[C-]#[N+]C1(C(=O)Cc2cccc([C@@]3(C)N=C(N)N(C)C(=O)C3(C)C)c2)CC1. The molecule has 1 fully saturated rings. The van der Waals surface area contributed by atoms with E-state index in [2.05, 4.69) is 9.84 Å². The zero-order valence-electron chi connectivity index (χ0n) is 18.7. The summed E-state index contributed by atoms with van der Waals surface area (Å²) in [6, 6.07) is 7.56. The van der Waals surface area contributed by atoms with Gasteiger partial charge in [0.05, 0.1) is 5.41 Å². The quantitative estimate of drug-likeness (QED) is 0.662. The van der Waals surface area contributed by atoms with Crippen LogP contribution >= 0.6 is 0 Å². The molecule has 3 rings (SSSR count). The van der Waals surface area contributed by atoms with Gasteiger partial charge in [-0.15, -0.1) is 0 Å². The van der Waals surface area contributed by atoms with Gasteiger partial charge in [-0.1, -0.05) is 24.3 Å². The number of Topliss-reactive ketones (excluding diaryl/α,β-unsaturated/α-hetero) is 1. The molecule has 0 aromatic heterocycles. The van der Waals surface area contributed by atoms with Gasteiger partial charge in [-0.25, -0.2) is 16.4 Å². The molecule has 1 amide bonds. The van der Waals surface area contributed by atoms with E-state index < -0.39 is 28.6 Å². The van der Waals surface area contributed by atoms with Crippen LogP contribution < -0.4 is 5.73 Å². The molecule has 0 spiro atoms. The van der Waals surface area contributed by atoms with Crippen LogP contribution in [0.2, 0.25) is 0 Å². The lowest BCUT2D eigenvalue weighted by Gasteiger charge is -2.46. The summed E-state index contributed by atoms with van der Waals surface area (Å²) in [5.41, 5.74) is 5.22. The smallest absolute Gasteiger partial charge is 0.475 e. The van der Waals surface area contributed by atoms with Gasteiger partial charge in [0.25, 0.3) is 5.54 Å². The second-order valence-electron chi connectivity index (χ2n) is 8.78. The molecule has 1 aromatic carbocycles. The molecule has 1 heterocycles. The summed E-state index contributed by atoms with van der Waals surface area (Å²) < 4.78 is 31.7. The van der Waals surface area contributed by atoms with Crippen molar-refractivity contribution >= 4 is 23.6 Å². The van der Waals surface area contributed by atoms with Gasteiger partial charge in [0, 0.05) is 26.3 Å². The first-order valence-electron chi connectivity index (χ1n) is 9.97. The van der Waals surface area contributed by atoms with Crippen LogP contribution in [0.5, 0.6) is 0 Å². The third-order valence-corrected chi connectivity index (χ3v) is 6.29. The van der Waals surface area contributed by atoms with Gasteiger partial charge in [0.2, 0.25) is 11.7 Å². The van der Waals surface area contributed by atoms with Crippen molar-refractivity contribution in [1.82, 2.24) is 4.90 Å². The van der Waals surface area contributed by atoms with Crippen LogP contribution in [0.15, 0.2) is 29.3 Å². The van der Waals surface area contributed by atoms with E-state index in [9.17, 15) is 22.8 Å². The van der Waals surface area contributed by atoms with Crippen LogP contribution in [0.4, 0.5) is 13.2 Å². The summed E-state index contributed by atoms with van der Waals surface area (Å²) in [5, 5.41) is 7.12. The Hall–Kier alpha value is -3.42. The summed E-state index contributed by atoms with van der Waals surface area (Å²) in [5.74, 6) is -2.70. The fourth-order valence-corrected chi connectivity index (χ4v) is 3.51. The van der Waals surface area contributed by atoms with Crippen LogP contribution in [-0.2, 0) is 26.3 Å². The number of halogens is 3. The van der Waals surface area contributed by atoms with Crippen molar-refractivity contribution in [1.29, 1.82) is 0 Å². The predicted molar refractivity (Wildman–Crippen MR) is 113 cm³/mol. The number of rotatable bonds is 4. The number of benzene rings is 1. The van der Waals surface area contributed by atoms with Crippen molar-refractivity contribution in [3.8, 4) is 0 Å². The molecule has 0 saturated heterocycles. The lowest BCUT2D eigenvalue weighted by Crippen LogP contribution is -2.58. The van der Waals surface area contributed by atoms with Gasteiger partial charge >= 0.3 is 12.1 Å². The number of amides is 1. The molecular formula is C22H25F3N4O4. The number of nitrogens with zero attached hydrogens (tertiary/aromatic N) is 3. The van der Waals surface area contributed by atoms with Crippen molar-refractivity contribution in [2.75, 3.05) is 7.05 Å². The molecule has 1 atom stereocenters. The fourth-order valence-electron chi connectivity index (χ4n) is 3.51. The number of hydrogen-bond acceptors (Lipinski definition) is 5. The number of nitrogens with two attached hydrogens (primary N) is 1. The molecule has 1 aliphatic carbocycles. The molecule has 1 aromatic rings. The number of guanidine groups is 1. The van der Waals surface area contributed by atoms with Crippen LogP contribution in [-0.4, -0.2) is 52.4 Å². The van der Waals surface area contributed by atoms with Crippen molar-refractivity contribution in [3.05, 3.63) is 46.8 Å². The fraction of sp³-hybridized carbons (Fsp3) is 0.500. The summed E-state index contributed by atoms with van der Waals surface area (Å²) >= 11 is 0. The number of carboxylic acids is 1. The van der Waals surface area contributed by atoms with Crippen LogP contribution in [0.3, 0.4) is 0 Å². The first kappa shape index (κ1) is 25.8. The molecule has 33 heavy (non-hydrogen) atoms. The number of ketones is 1. The molecule has 178 valence electrons. The number of alkyl halides is 3. The Balaban J connectivity index is 0.000000479. The highest BCUT2D eigenvalue weighted by atomic mass is 19.4. The highest BCUT2D eigenvalue weighted by Crippen LogP contribution is 2.47. The second kappa shape index (κ2) is 8.50. The molecule has 0 bridgehead atoms. The van der Waals surface area contributed by atoms with Gasteiger partial charge in [0.1, 0.15) is 5.54 Å². The maximum Gasteiger partial charge on any atom is 0.490 e. The van der Waals surface area contributed by atoms with Crippen molar-refractivity contribution in [2.45, 2.75) is 57.3 Å². The Morgan fingerprint density at radius 3 is 2.27 bits per heavy atom. The summed E-state index contributed by atoms with van der Waals surface area (Å²) in [6.45, 7) is 12.9. The van der Waals surface area contributed by atoms with Crippen LogP contribution in [0, 0.1) is 12.0 Å². The Morgan fingerprint density at radius 1 is 1.27 bits per heavy atom. The van der Waals surface area contributed by atoms with Crippen LogP contribution in [0.1, 0.15) is 44.7 Å². The van der Waals surface area contributed by atoms with Crippen molar-refractivity contribution in [3.63, 3.8) is 0 Å². The van der Waals surface area contributed by atoms with E-state index in [1.807, 2.05) is 45.0 Å². The number of hydrogen-bond donors (Lipinski definition) is 2. The summed E-state index contributed by atoms with van der Waals surface area (Å²) in [6.07, 6.45) is -3.55. The minimum absolute atomic E-state index is 0.0310. The minimum Gasteiger partial charge on any atom is -0.475 e. The predicted octanol–water partition coefficient (Wildman–Crippen LogP) is 2.91. The first-order chi connectivity index (χ1) is 15.0. The van der Waals surface area contributed by atoms with Gasteiger partial charge in [-0.05, 0) is 31.9 Å². The summed E-state index contributed by atoms with van der Waals surface area (Å²) in [4.78, 5) is 43.6. The molecule has 0 unspecified atom stereocenters. The Morgan fingerprint density at radius 2 is 1.82 bits per heavy atom. The first-order valence-corrected chi connectivity index (χ1v) is 9.97. The second-order valence-corrected chi connectivity index (χ2v) is 8.78. The van der Waals surface area contributed by atoms with E-state index in [0.29, 0.717) is 12.8 Å². The van der Waals surface area contributed by atoms with Crippen molar-refractivity contribution in [2.24, 2.45) is 16.1 Å². The molecule has 1 saturated carbocycles. The van der Waals surface area contributed by atoms with E-state index in [4.69, 9.17) is 22.2 Å². The lowest BCUT2D eigenvalue weighted by molar-refractivity contribution is -0.192. The maximum atomic E-state index is 12.8. The number of carbonyl (C=O) groups is 3. The molecule has 1 aliphatic heterocycles. The topological polar surface area (TPSA) is 117 Å². The zero-order chi connectivity index (χ0) is 25.4. The maximum absolute atomic E-state index is 12.8. The Labute approximate surface area is 189 Å². The Bertz CT molecular complexity index is 1050. The van der Waals surface area contributed by atoms with E-state index in [1.165, 1.54) is 4.90 Å². The molecule has 8 nitrogen and oxygen atoms in total. The normalized spacial score (nSPS) is 22.9. The average molecular weight is 466 g/mol. The minimum atomic E-state index is -5.08. The summed E-state index contributed by atoms with van der Waals surface area (Å²) in [7, 11) is 1.62. The number of carboxylic acid groups (broad SMARTS) is 1. The number of aliphatic carboxylic acids is 1.